The highest BCUT2D eigenvalue weighted by molar-refractivity contribution is 7.86. The van der Waals surface area contributed by atoms with Crippen LogP contribution in [0.25, 0.3) is 0 Å². The molecule has 30 heavy (non-hydrogen) atoms. The smallest absolute Gasteiger partial charge is 0.267 e. The zero-order chi connectivity index (χ0) is 22.2. The molecule has 0 amide bonds. The SMILES string of the molecule is CCCCCCCCCCCCCCCCOS(=O)(=O)CCCCCCCCCC. The molecule has 0 aliphatic carbocycles. The molecule has 3 nitrogen and oxygen atoms in total. The summed E-state index contributed by atoms with van der Waals surface area (Å²) in [6, 6.07) is 0. The van der Waals surface area contributed by atoms with E-state index in [0.717, 1.165) is 32.1 Å². The van der Waals surface area contributed by atoms with Crippen LogP contribution in [0.4, 0.5) is 0 Å². The maximum Gasteiger partial charge on any atom is 0.267 e. The first-order valence-corrected chi connectivity index (χ1v) is 15.1. The molecule has 0 aromatic heterocycles. The van der Waals surface area contributed by atoms with E-state index >= 15 is 0 Å². The minimum Gasteiger partial charge on any atom is -0.270 e. The van der Waals surface area contributed by atoms with Gasteiger partial charge in [-0.1, -0.05) is 142 Å². The van der Waals surface area contributed by atoms with Crippen LogP contribution in [-0.2, 0) is 14.3 Å². The van der Waals surface area contributed by atoms with E-state index in [1.54, 1.807) is 0 Å². The second-order valence-electron chi connectivity index (χ2n) is 9.15. The van der Waals surface area contributed by atoms with Gasteiger partial charge < -0.3 is 0 Å². The minimum absolute atomic E-state index is 0.195. The molecule has 0 aliphatic heterocycles. The van der Waals surface area contributed by atoms with Crippen molar-refractivity contribution in [2.75, 3.05) is 12.4 Å². The van der Waals surface area contributed by atoms with Crippen LogP contribution in [0.2, 0.25) is 0 Å². The summed E-state index contributed by atoms with van der Waals surface area (Å²) < 4.78 is 29.0. The highest BCUT2D eigenvalue weighted by atomic mass is 32.2. The van der Waals surface area contributed by atoms with E-state index in [9.17, 15) is 8.42 Å². The topological polar surface area (TPSA) is 43.4 Å². The number of rotatable bonds is 25. The Morgan fingerprint density at radius 1 is 0.433 bits per heavy atom. The Kier molecular flexibility index (Phi) is 23.5. The Bertz CT molecular complexity index is 420. The van der Waals surface area contributed by atoms with Crippen molar-refractivity contribution in [3.63, 3.8) is 0 Å². The van der Waals surface area contributed by atoms with Gasteiger partial charge in [-0.25, -0.2) is 0 Å². The largest absolute Gasteiger partial charge is 0.270 e. The van der Waals surface area contributed by atoms with Gasteiger partial charge in [-0.3, -0.25) is 4.18 Å². The molecule has 0 unspecified atom stereocenters. The van der Waals surface area contributed by atoms with Crippen LogP contribution in [0.1, 0.15) is 155 Å². The molecule has 0 atom stereocenters. The Morgan fingerprint density at radius 2 is 0.733 bits per heavy atom. The third kappa shape index (κ3) is 24.2. The van der Waals surface area contributed by atoms with Crippen molar-refractivity contribution in [1.82, 2.24) is 0 Å². The lowest BCUT2D eigenvalue weighted by molar-refractivity contribution is 0.305. The lowest BCUT2D eigenvalue weighted by atomic mass is 10.0. The average Bonchev–Trinajstić information content (AvgIpc) is 2.72. The second-order valence-corrected chi connectivity index (χ2v) is 10.9. The van der Waals surface area contributed by atoms with Crippen molar-refractivity contribution in [2.24, 2.45) is 0 Å². The highest BCUT2D eigenvalue weighted by Crippen LogP contribution is 2.13. The van der Waals surface area contributed by atoms with E-state index in [1.165, 1.54) is 109 Å². The fourth-order valence-electron chi connectivity index (χ4n) is 3.95. The standard InChI is InChI=1S/C26H54O3S/c1-3-5-7-9-11-13-14-15-16-17-18-19-21-23-25-29-30(27,28)26-24-22-20-12-10-8-6-4-2/h3-26H2,1-2H3. The van der Waals surface area contributed by atoms with Gasteiger partial charge in [0.1, 0.15) is 0 Å². The van der Waals surface area contributed by atoms with E-state index in [2.05, 4.69) is 13.8 Å². The Hall–Kier alpha value is -0.0900. The van der Waals surface area contributed by atoms with Crippen LogP contribution >= 0.6 is 0 Å². The van der Waals surface area contributed by atoms with Gasteiger partial charge in [-0.2, -0.15) is 8.42 Å². The van der Waals surface area contributed by atoms with E-state index in [-0.39, 0.29) is 5.75 Å². The molecule has 182 valence electrons. The third-order valence-electron chi connectivity index (χ3n) is 6.01. The first-order valence-electron chi connectivity index (χ1n) is 13.5. The van der Waals surface area contributed by atoms with Crippen LogP contribution < -0.4 is 0 Å². The molecule has 0 aromatic carbocycles. The number of unbranched alkanes of at least 4 members (excludes halogenated alkanes) is 20. The van der Waals surface area contributed by atoms with E-state index in [0.29, 0.717) is 6.61 Å². The Labute approximate surface area is 190 Å². The molecule has 0 fully saturated rings. The Morgan fingerprint density at radius 3 is 1.10 bits per heavy atom. The monoisotopic (exact) mass is 446 g/mol. The predicted molar refractivity (Wildman–Crippen MR) is 133 cm³/mol. The van der Waals surface area contributed by atoms with Crippen molar-refractivity contribution >= 4 is 10.1 Å². The lowest BCUT2D eigenvalue weighted by Gasteiger charge is -2.06. The summed E-state index contributed by atoms with van der Waals surface area (Å²) in [7, 11) is -3.30. The van der Waals surface area contributed by atoms with Crippen LogP contribution in [-0.4, -0.2) is 20.8 Å². The molecule has 0 radical (unpaired) electrons. The second kappa shape index (κ2) is 23.6. The number of hydrogen-bond donors (Lipinski definition) is 0. The molecule has 0 N–H and O–H groups in total. The molecule has 0 rings (SSSR count). The molecule has 0 bridgehead atoms. The van der Waals surface area contributed by atoms with Crippen LogP contribution in [0.3, 0.4) is 0 Å². The van der Waals surface area contributed by atoms with Gasteiger partial charge in [0.2, 0.25) is 0 Å². The van der Waals surface area contributed by atoms with E-state index < -0.39 is 10.1 Å². The molecule has 0 aromatic rings. The Balaban J connectivity index is 3.29. The molecule has 0 aliphatic rings. The van der Waals surface area contributed by atoms with Crippen molar-refractivity contribution in [3.05, 3.63) is 0 Å². The summed E-state index contributed by atoms with van der Waals surface area (Å²) in [5.74, 6) is 0.195. The molecular formula is C26H54O3S. The zero-order valence-electron chi connectivity index (χ0n) is 20.6. The summed E-state index contributed by atoms with van der Waals surface area (Å²) >= 11 is 0. The fraction of sp³-hybridized carbons (Fsp3) is 1.00. The average molecular weight is 447 g/mol. The maximum absolute atomic E-state index is 11.9. The van der Waals surface area contributed by atoms with E-state index in [1.807, 2.05) is 0 Å². The normalized spacial score (nSPS) is 11.9. The zero-order valence-corrected chi connectivity index (χ0v) is 21.4. The molecule has 0 saturated carbocycles. The summed E-state index contributed by atoms with van der Waals surface area (Å²) in [5, 5.41) is 0. The van der Waals surface area contributed by atoms with Gasteiger partial charge in [-0.05, 0) is 12.8 Å². The van der Waals surface area contributed by atoms with Gasteiger partial charge in [0, 0.05) is 0 Å². The van der Waals surface area contributed by atoms with E-state index in [4.69, 9.17) is 4.18 Å². The maximum atomic E-state index is 11.9. The molecular weight excluding hydrogens is 392 g/mol. The quantitative estimate of drug-likeness (QED) is 0.104. The third-order valence-corrected chi connectivity index (χ3v) is 7.32. The minimum atomic E-state index is -3.30. The predicted octanol–water partition coefficient (Wildman–Crippen LogP) is 8.95. The molecule has 0 saturated heterocycles. The van der Waals surface area contributed by atoms with Crippen LogP contribution in [0.5, 0.6) is 0 Å². The first-order chi connectivity index (χ1) is 14.6. The van der Waals surface area contributed by atoms with Crippen molar-refractivity contribution < 1.29 is 12.6 Å². The van der Waals surface area contributed by atoms with Crippen molar-refractivity contribution in [1.29, 1.82) is 0 Å². The molecule has 0 spiro atoms. The molecule has 4 heteroatoms. The van der Waals surface area contributed by atoms with Crippen molar-refractivity contribution in [2.45, 2.75) is 155 Å². The first kappa shape index (κ1) is 29.9. The van der Waals surface area contributed by atoms with Gasteiger partial charge in [0.05, 0.1) is 12.4 Å². The number of hydrogen-bond acceptors (Lipinski definition) is 3. The summed E-state index contributed by atoms with van der Waals surface area (Å²) in [5.41, 5.74) is 0. The van der Waals surface area contributed by atoms with Crippen LogP contribution in [0, 0.1) is 0 Å². The van der Waals surface area contributed by atoms with Crippen LogP contribution in [0.15, 0.2) is 0 Å². The van der Waals surface area contributed by atoms with Gasteiger partial charge in [0.15, 0.2) is 0 Å². The summed E-state index contributed by atoms with van der Waals surface area (Å²) in [4.78, 5) is 0. The molecule has 0 heterocycles. The van der Waals surface area contributed by atoms with Gasteiger partial charge >= 0.3 is 0 Å². The van der Waals surface area contributed by atoms with Gasteiger partial charge in [0.25, 0.3) is 10.1 Å². The fourth-order valence-corrected chi connectivity index (χ4v) is 5.00. The van der Waals surface area contributed by atoms with Crippen molar-refractivity contribution in [3.8, 4) is 0 Å². The van der Waals surface area contributed by atoms with Gasteiger partial charge in [-0.15, -0.1) is 0 Å². The highest BCUT2D eigenvalue weighted by Gasteiger charge is 2.10. The lowest BCUT2D eigenvalue weighted by Crippen LogP contribution is -2.11. The summed E-state index contributed by atoms with van der Waals surface area (Å²) in [6.45, 7) is 4.87. The summed E-state index contributed by atoms with van der Waals surface area (Å²) in [6.07, 6.45) is 27.7.